The van der Waals surface area contributed by atoms with E-state index in [9.17, 15) is 13.6 Å². The number of Topliss-reactive ketones (excluding diaryl/α,β-unsaturated/α-hetero) is 1. The molecular weight excluding hydrogens is 200 g/mol. The fraction of sp³-hybridized carbons (Fsp3) is 0.273. The Morgan fingerprint density at radius 3 is 2.67 bits per heavy atom. The molecule has 1 rings (SSSR count). The molecule has 1 aromatic rings. The molecule has 0 spiro atoms. The average molecular weight is 209 g/mol. The molecule has 0 saturated carbocycles. The Hall–Kier alpha value is -1.76. The van der Waals surface area contributed by atoms with Crippen LogP contribution in [-0.2, 0) is 11.2 Å². The molecule has 0 aromatic heterocycles. The number of nitriles is 1. The lowest BCUT2D eigenvalue weighted by atomic mass is 9.98. The molecule has 0 saturated heterocycles. The molecule has 0 aliphatic carbocycles. The van der Waals surface area contributed by atoms with Gasteiger partial charge in [-0.15, -0.1) is 0 Å². The number of rotatable bonds is 3. The number of hydrogen-bond acceptors (Lipinski definition) is 2. The summed E-state index contributed by atoms with van der Waals surface area (Å²) in [6.45, 7) is 1.33. The largest absolute Gasteiger partial charge is 0.300 e. The molecule has 2 nitrogen and oxygen atoms in total. The number of nitrogens with zero attached hydrogens (tertiary/aromatic N) is 1. The number of hydrogen-bond donors (Lipinski definition) is 0. The lowest BCUT2D eigenvalue weighted by molar-refractivity contribution is -0.116. The van der Waals surface area contributed by atoms with E-state index in [1.807, 2.05) is 0 Å². The summed E-state index contributed by atoms with van der Waals surface area (Å²) in [7, 11) is 0. The van der Waals surface area contributed by atoms with Crippen LogP contribution in [0.5, 0.6) is 0 Å². The lowest BCUT2D eigenvalue weighted by Gasteiger charge is -2.08. The van der Waals surface area contributed by atoms with Crippen LogP contribution < -0.4 is 0 Å². The Morgan fingerprint density at radius 1 is 1.53 bits per heavy atom. The zero-order valence-electron chi connectivity index (χ0n) is 8.13. The first kappa shape index (κ1) is 11.3. The van der Waals surface area contributed by atoms with Crippen molar-refractivity contribution in [3.05, 3.63) is 34.9 Å². The summed E-state index contributed by atoms with van der Waals surface area (Å²) in [6.07, 6.45) is -2.79. The van der Waals surface area contributed by atoms with Gasteiger partial charge >= 0.3 is 0 Å². The van der Waals surface area contributed by atoms with Crippen molar-refractivity contribution >= 4 is 5.78 Å². The summed E-state index contributed by atoms with van der Waals surface area (Å²) in [4.78, 5) is 10.9. The van der Waals surface area contributed by atoms with E-state index in [1.165, 1.54) is 25.1 Å². The second-order valence-electron chi connectivity index (χ2n) is 3.17. The third kappa shape index (κ3) is 2.59. The molecule has 0 amide bonds. The van der Waals surface area contributed by atoms with Gasteiger partial charge in [-0.2, -0.15) is 5.26 Å². The molecular formula is C11H9F2NO. The van der Waals surface area contributed by atoms with E-state index in [2.05, 4.69) is 0 Å². The van der Waals surface area contributed by atoms with Gasteiger partial charge in [-0.1, -0.05) is 12.1 Å². The van der Waals surface area contributed by atoms with E-state index in [0.717, 1.165) is 0 Å². The number of benzene rings is 1. The molecule has 0 aliphatic rings. The SMILES string of the molecule is CC(=O)Cc1cccc(C#N)c1C(F)F. The first-order chi connectivity index (χ1) is 7.06. The summed E-state index contributed by atoms with van der Waals surface area (Å²) < 4.78 is 25.3. The van der Waals surface area contributed by atoms with Gasteiger partial charge in [-0.05, 0) is 18.6 Å². The van der Waals surface area contributed by atoms with Crippen molar-refractivity contribution in [2.24, 2.45) is 0 Å². The predicted octanol–water partition coefficient (Wildman–Crippen LogP) is 2.63. The second-order valence-corrected chi connectivity index (χ2v) is 3.17. The molecule has 0 unspecified atom stereocenters. The first-order valence-corrected chi connectivity index (χ1v) is 4.35. The van der Waals surface area contributed by atoms with Crippen molar-refractivity contribution in [1.29, 1.82) is 5.26 Å². The number of alkyl halides is 2. The van der Waals surface area contributed by atoms with E-state index in [1.54, 1.807) is 6.07 Å². The summed E-state index contributed by atoms with van der Waals surface area (Å²) in [6, 6.07) is 5.97. The molecule has 4 heteroatoms. The molecule has 0 bridgehead atoms. The zero-order chi connectivity index (χ0) is 11.4. The van der Waals surface area contributed by atoms with Crippen LogP contribution in [0, 0.1) is 11.3 Å². The molecule has 0 atom stereocenters. The van der Waals surface area contributed by atoms with Crippen molar-refractivity contribution in [3.63, 3.8) is 0 Å². The molecule has 0 radical (unpaired) electrons. The normalized spacial score (nSPS) is 10.1. The minimum atomic E-state index is -2.73. The van der Waals surface area contributed by atoms with Gasteiger partial charge in [0.25, 0.3) is 6.43 Å². The van der Waals surface area contributed by atoms with Crippen molar-refractivity contribution in [2.75, 3.05) is 0 Å². The standard InChI is InChI=1S/C11H9F2NO/c1-7(15)5-8-3-2-4-9(6-14)10(8)11(12)13/h2-4,11H,5H2,1H3. The van der Waals surface area contributed by atoms with Gasteiger partial charge in [0.2, 0.25) is 0 Å². The Balaban J connectivity index is 3.26. The summed E-state index contributed by atoms with van der Waals surface area (Å²) in [5, 5.41) is 8.66. The van der Waals surface area contributed by atoms with Crippen molar-refractivity contribution in [2.45, 2.75) is 19.8 Å². The highest BCUT2D eigenvalue weighted by atomic mass is 19.3. The third-order valence-electron chi connectivity index (χ3n) is 1.97. The Bertz CT molecular complexity index is 421. The third-order valence-corrected chi connectivity index (χ3v) is 1.97. The molecule has 0 heterocycles. The van der Waals surface area contributed by atoms with E-state index >= 15 is 0 Å². The summed E-state index contributed by atoms with van der Waals surface area (Å²) in [5.74, 6) is -0.202. The van der Waals surface area contributed by atoms with Gasteiger partial charge in [0.05, 0.1) is 11.6 Å². The topological polar surface area (TPSA) is 40.9 Å². The second kappa shape index (κ2) is 4.65. The quantitative estimate of drug-likeness (QED) is 0.767. The maximum Gasteiger partial charge on any atom is 0.265 e. The summed E-state index contributed by atoms with van der Waals surface area (Å²) >= 11 is 0. The predicted molar refractivity (Wildman–Crippen MR) is 50.5 cm³/mol. The van der Waals surface area contributed by atoms with Crippen LogP contribution in [0.25, 0.3) is 0 Å². The highest BCUT2D eigenvalue weighted by Crippen LogP contribution is 2.26. The van der Waals surface area contributed by atoms with Crippen LogP contribution in [0.2, 0.25) is 0 Å². The van der Waals surface area contributed by atoms with E-state index in [0.29, 0.717) is 0 Å². The highest BCUT2D eigenvalue weighted by Gasteiger charge is 2.18. The van der Waals surface area contributed by atoms with Crippen LogP contribution in [0.1, 0.15) is 30.0 Å². The van der Waals surface area contributed by atoms with Crippen LogP contribution in [-0.4, -0.2) is 5.78 Å². The highest BCUT2D eigenvalue weighted by molar-refractivity contribution is 5.78. The van der Waals surface area contributed by atoms with E-state index < -0.39 is 6.43 Å². The fourth-order valence-electron chi connectivity index (χ4n) is 1.39. The monoisotopic (exact) mass is 209 g/mol. The van der Waals surface area contributed by atoms with E-state index in [-0.39, 0.29) is 28.9 Å². The first-order valence-electron chi connectivity index (χ1n) is 4.35. The Kier molecular flexibility index (Phi) is 3.51. The maximum absolute atomic E-state index is 12.7. The van der Waals surface area contributed by atoms with Crippen LogP contribution >= 0.6 is 0 Å². The Morgan fingerprint density at radius 2 is 2.20 bits per heavy atom. The number of halogens is 2. The average Bonchev–Trinajstić information content (AvgIpc) is 2.15. The molecule has 78 valence electrons. The molecule has 0 N–H and O–H groups in total. The van der Waals surface area contributed by atoms with Crippen LogP contribution in [0.3, 0.4) is 0 Å². The summed E-state index contributed by atoms with van der Waals surface area (Å²) in [5.41, 5.74) is -0.157. The van der Waals surface area contributed by atoms with Gasteiger partial charge < -0.3 is 0 Å². The van der Waals surface area contributed by atoms with Crippen molar-refractivity contribution in [1.82, 2.24) is 0 Å². The zero-order valence-corrected chi connectivity index (χ0v) is 8.13. The van der Waals surface area contributed by atoms with E-state index in [4.69, 9.17) is 5.26 Å². The smallest absolute Gasteiger partial charge is 0.265 e. The molecule has 0 aliphatic heterocycles. The lowest BCUT2D eigenvalue weighted by Crippen LogP contribution is -2.03. The van der Waals surface area contributed by atoms with Crippen LogP contribution in [0.4, 0.5) is 8.78 Å². The number of ketones is 1. The van der Waals surface area contributed by atoms with Gasteiger partial charge in [-0.25, -0.2) is 8.78 Å². The maximum atomic E-state index is 12.7. The van der Waals surface area contributed by atoms with Gasteiger partial charge in [0.1, 0.15) is 5.78 Å². The minimum Gasteiger partial charge on any atom is -0.300 e. The van der Waals surface area contributed by atoms with Crippen LogP contribution in [0.15, 0.2) is 18.2 Å². The molecule has 0 fully saturated rings. The minimum absolute atomic E-state index is 0.0603. The van der Waals surface area contributed by atoms with Crippen molar-refractivity contribution in [3.8, 4) is 6.07 Å². The molecule has 1 aromatic carbocycles. The number of carbonyl (C=O) groups excluding carboxylic acids is 1. The molecule has 15 heavy (non-hydrogen) atoms. The van der Waals surface area contributed by atoms with Gasteiger partial charge in [0, 0.05) is 12.0 Å². The van der Waals surface area contributed by atoms with Gasteiger partial charge in [-0.3, -0.25) is 4.79 Å². The Labute approximate surface area is 86.1 Å². The fourth-order valence-corrected chi connectivity index (χ4v) is 1.39. The number of carbonyl (C=O) groups is 1. The van der Waals surface area contributed by atoms with Gasteiger partial charge in [0.15, 0.2) is 0 Å². The van der Waals surface area contributed by atoms with Crippen molar-refractivity contribution < 1.29 is 13.6 Å².